The van der Waals surface area contributed by atoms with Gasteiger partial charge in [-0.25, -0.2) is 0 Å². The van der Waals surface area contributed by atoms with Crippen molar-refractivity contribution in [1.82, 2.24) is 5.32 Å². The van der Waals surface area contributed by atoms with E-state index < -0.39 is 11.9 Å². The molecule has 0 aromatic carbocycles. The van der Waals surface area contributed by atoms with E-state index in [1.165, 1.54) is 0 Å². The number of halogens is 1. The molecule has 94 valence electrons. The van der Waals surface area contributed by atoms with Gasteiger partial charge in [-0.05, 0) is 28.4 Å². The lowest BCUT2D eigenvalue weighted by atomic mass is 10.2. The van der Waals surface area contributed by atoms with Crippen molar-refractivity contribution in [3.63, 3.8) is 0 Å². The Morgan fingerprint density at radius 1 is 1.59 bits per heavy atom. The molecule has 0 fully saturated rings. The largest absolute Gasteiger partial charge is 0.481 e. The molecule has 0 aliphatic heterocycles. The molecule has 1 heterocycles. The van der Waals surface area contributed by atoms with Gasteiger partial charge in [-0.2, -0.15) is 0 Å². The fourth-order valence-corrected chi connectivity index (χ4v) is 2.62. The average Bonchev–Trinajstić information content (AvgIpc) is 2.69. The molecule has 6 heteroatoms. The minimum atomic E-state index is -0.896. The first kappa shape index (κ1) is 14.2. The van der Waals surface area contributed by atoms with Crippen molar-refractivity contribution in [1.29, 1.82) is 0 Å². The normalized spacial score (nSPS) is 12.1. The van der Waals surface area contributed by atoms with Crippen LogP contribution < -0.4 is 5.32 Å². The lowest BCUT2D eigenvalue weighted by molar-refractivity contribution is -0.141. The van der Waals surface area contributed by atoms with Gasteiger partial charge in [0.2, 0.25) is 5.91 Å². The Bertz CT molecular complexity index is 405. The Balaban J connectivity index is 2.24. The number of hydrogen-bond donors (Lipinski definition) is 2. The van der Waals surface area contributed by atoms with Gasteiger partial charge in [-0.15, -0.1) is 11.3 Å². The molecule has 0 spiro atoms. The number of carboxylic acids is 1. The third kappa shape index (κ3) is 5.32. The van der Waals surface area contributed by atoms with Gasteiger partial charge in [0.05, 0.1) is 5.92 Å². The van der Waals surface area contributed by atoms with E-state index in [0.717, 1.165) is 9.35 Å². The van der Waals surface area contributed by atoms with Crippen molar-refractivity contribution < 1.29 is 14.7 Å². The van der Waals surface area contributed by atoms with Gasteiger partial charge in [0.1, 0.15) is 0 Å². The van der Waals surface area contributed by atoms with Crippen molar-refractivity contribution in [3.05, 3.63) is 20.8 Å². The summed E-state index contributed by atoms with van der Waals surface area (Å²) in [5.41, 5.74) is 0. The Hall–Kier alpha value is -0.880. The average molecular weight is 320 g/mol. The lowest BCUT2D eigenvalue weighted by Gasteiger charge is -2.07. The van der Waals surface area contributed by atoms with E-state index in [9.17, 15) is 9.59 Å². The smallest absolute Gasteiger partial charge is 0.308 e. The highest BCUT2D eigenvalue weighted by molar-refractivity contribution is 9.10. The monoisotopic (exact) mass is 319 g/mol. The van der Waals surface area contributed by atoms with Gasteiger partial charge in [-0.1, -0.05) is 6.92 Å². The summed E-state index contributed by atoms with van der Waals surface area (Å²) in [6.07, 6.45) is 1.07. The first-order valence-electron chi connectivity index (χ1n) is 5.21. The van der Waals surface area contributed by atoms with Crippen molar-refractivity contribution in [3.8, 4) is 0 Å². The van der Waals surface area contributed by atoms with Crippen LogP contribution in [0.4, 0.5) is 0 Å². The SMILES string of the molecule is CC(CNC(=O)CCc1cc(Br)cs1)C(=O)O. The van der Waals surface area contributed by atoms with Crippen molar-refractivity contribution in [2.75, 3.05) is 6.54 Å². The van der Waals surface area contributed by atoms with Crippen LogP contribution in [0.15, 0.2) is 15.9 Å². The molecule has 1 rings (SSSR count). The maximum absolute atomic E-state index is 11.4. The molecule has 0 aliphatic rings. The highest BCUT2D eigenvalue weighted by Gasteiger charge is 2.12. The van der Waals surface area contributed by atoms with Crippen molar-refractivity contribution in [2.24, 2.45) is 5.92 Å². The summed E-state index contributed by atoms with van der Waals surface area (Å²) in [6.45, 7) is 1.75. The second-order valence-corrected chi connectivity index (χ2v) is 5.69. The van der Waals surface area contributed by atoms with Crippen LogP contribution in [-0.2, 0) is 16.0 Å². The number of nitrogens with one attached hydrogen (secondary N) is 1. The summed E-state index contributed by atoms with van der Waals surface area (Å²) in [5.74, 6) is -1.55. The maximum Gasteiger partial charge on any atom is 0.308 e. The third-order valence-corrected chi connectivity index (χ3v) is 4.00. The second kappa shape index (κ2) is 6.76. The Kier molecular flexibility index (Phi) is 5.64. The van der Waals surface area contributed by atoms with Crippen molar-refractivity contribution >= 4 is 39.1 Å². The van der Waals surface area contributed by atoms with E-state index in [4.69, 9.17) is 5.11 Å². The Morgan fingerprint density at radius 2 is 2.29 bits per heavy atom. The second-order valence-electron chi connectivity index (χ2n) is 3.77. The highest BCUT2D eigenvalue weighted by Crippen LogP contribution is 2.20. The van der Waals surface area contributed by atoms with E-state index >= 15 is 0 Å². The molecule has 0 radical (unpaired) electrons. The number of amides is 1. The number of carbonyl (C=O) groups excluding carboxylic acids is 1. The Morgan fingerprint density at radius 3 is 2.82 bits per heavy atom. The highest BCUT2D eigenvalue weighted by atomic mass is 79.9. The van der Waals surface area contributed by atoms with Crippen LogP contribution >= 0.6 is 27.3 Å². The number of aryl methyl sites for hydroxylation is 1. The zero-order valence-corrected chi connectivity index (χ0v) is 11.8. The molecule has 0 saturated carbocycles. The molecule has 1 aromatic rings. The minimum Gasteiger partial charge on any atom is -0.481 e. The zero-order valence-electron chi connectivity index (χ0n) is 9.40. The zero-order chi connectivity index (χ0) is 12.8. The predicted octanol–water partition coefficient (Wildman–Crippen LogP) is 2.28. The molecule has 0 aliphatic carbocycles. The topological polar surface area (TPSA) is 66.4 Å². The van der Waals surface area contributed by atoms with Crippen LogP contribution in [0.2, 0.25) is 0 Å². The van der Waals surface area contributed by atoms with Gasteiger partial charge in [0.15, 0.2) is 0 Å². The number of carbonyl (C=O) groups is 2. The van der Waals surface area contributed by atoms with E-state index in [2.05, 4.69) is 21.2 Å². The standard InChI is InChI=1S/C11H14BrNO3S/c1-7(11(15)16)5-13-10(14)3-2-9-4-8(12)6-17-9/h4,6-7H,2-3,5H2,1H3,(H,13,14)(H,15,16). The molecule has 0 bridgehead atoms. The summed E-state index contributed by atoms with van der Waals surface area (Å²) in [7, 11) is 0. The van der Waals surface area contributed by atoms with E-state index in [-0.39, 0.29) is 12.5 Å². The van der Waals surface area contributed by atoms with Crippen LogP contribution in [0, 0.1) is 5.92 Å². The summed E-state index contributed by atoms with van der Waals surface area (Å²) >= 11 is 4.95. The summed E-state index contributed by atoms with van der Waals surface area (Å²) < 4.78 is 1.03. The van der Waals surface area contributed by atoms with E-state index in [1.54, 1.807) is 18.3 Å². The van der Waals surface area contributed by atoms with Crippen LogP contribution in [0.3, 0.4) is 0 Å². The number of thiophene rings is 1. The first-order valence-corrected chi connectivity index (χ1v) is 6.88. The van der Waals surface area contributed by atoms with Gasteiger partial charge < -0.3 is 10.4 Å². The molecule has 1 unspecified atom stereocenters. The molecular formula is C11H14BrNO3S. The predicted molar refractivity (Wildman–Crippen MR) is 70.1 cm³/mol. The molecule has 1 atom stereocenters. The third-order valence-electron chi connectivity index (χ3n) is 2.25. The number of aliphatic carboxylic acids is 1. The lowest BCUT2D eigenvalue weighted by Crippen LogP contribution is -2.31. The number of carboxylic acid groups (broad SMARTS) is 1. The molecule has 17 heavy (non-hydrogen) atoms. The molecule has 1 amide bonds. The van der Waals surface area contributed by atoms with E-state index in [0.29, 0.717) is 12.8 Å². The van der Waals surface area contributed by atoms with Gasteiger partial charge in [0, 0.05) is 27.7 Å². The van der Waals surface area contributed by atoms with Gasteiger partial charge >= 0.3 is 5.97 Å². The fourth-order valence-electron chi connectivity index (χ4n) is 1.16. The van der Waals surface area contributed by atoms with Gasteiger partial charge in [0.25, 0.3) is 0 Å². The minimum absolute atomic E-state index is 0.109. The summed E-state index contributed by atoms with van der Waals surface area (Å²) in [5, 5.41) is 13.2. The first-order chi connectivity index (χ1) is 7.99. The van der Waals surface area contributed by atoms with Crippen LogP contribution in [0.25, 0.3) is 0 Å². The Labute approximate surface area is 112 Å². The molecule has 2 N–H and O–H groups in total. The summed E-state index contributed by atoms with van der Waals surface area (Å²) in [6, 6.07) is 1.98. The molecular weight excluding hydrogens is 306 g/mol. The van der Waals surface area contributed by atoms with E-state index in [1.807, 2.05) is 11.4 Å². The maximum atomic E-state index is 11.4. The molecule has 0 saturated heterocycles. The van der Waals surface area contributed by atoms with Crippen LogP contribution in [-0.4, -0.2) is 23.5 Å². The molecule has 1 aromatic heterocycles. The molecule has 4 nitrogen and oxygen atoms in total. The van der Waals surface area contributed by atoms with Crippen molar-refractivity contribution in [2.45, 2.75) is 19.8 Å². The number of rotatable bonds is 6. The van der Waals surface area contributed by atoms with Crippen LogP contribution in [0.1, 0.15) is 18.2 Å². The number of hydrogen-bond acceptors (Lipinski definition) is 3. The quantitative estimate of drug-likeness (QED) is 0.845. The summed E-state index contributed by atoms with van der Waals surface area (Å²) in [4.78, 5) is 23.1. The van der Waals surface area contributed by atoms with Crippen LogP contribution in [0.5, 0.6) is 0 Å². The van der Waals surface area contributed by atoms with Gasteiger partial charge in [-0.3, -0.25) is 9.59 Å². The fraction of sp³-hybridized carbons (Fsp3) is 0.455.